The van der Waals surface area contributed by atoms with Crippen LogP contribution < -0.4 is 0 Å². The quantitative estimate of drug-likeness (QED) is 0.157. The van der Waals surface area contributed by atoms with Gasteiger partial charge < -0.3 is 18.9 Å². The summed E-state index contributed by atoms with van der Waals surface area (Å²) in [6, 6.07) is 0. The highest BCUT2D eigenvalue weighted by Gasteiger charge is 2.66. The number of carbonyl (C=O) groups is 3. The number of fused-ring (bicyclic) bond motifs is 1. The number of allylic oxidation sites excluding steroid dienone is 4. The molecule has 2 rings (SSSR count). The van der Waals surface area contributed by atoms with Crippen LogP contribution in [0.4, 0.5) is 0 Å². The molecule has 3 atom stereocenters. The van der Waals surface area contributed by atoms with Crippen molar-refractivity contribution in [1.29, 1.82) is 0 Å². The SMILES string of the molecule is CC(=O)OC=C(CCOC(C)=O)C1CC2OC2(CCC=C(C)CCC=C(C)C)C(=O)O1. The van der Waals surface area contributed by atoms with Crippen molar-refractivity contribution in [2.45, 2.75) is 91.0 Å². The van der Waals surface area contributed by atoms with Gasteiger partial charge in [0.2, 0.25) is 0 Å². The fraction of sp³-hybridized carbons (Fsp3) is 0.625. The highest BCUT2D eigenvalue weighted by molar-refractivity contribution is 5.85. The lowest BCUT2D eigenvalue weighted by Gasteiger charge is -2.26. The number of esters is 3. The van der Waals surface area contributed by atoms with E-state index in [2.05, 4.69) is 32.9 Å². The van der Waals surface area contributed by atoms with E-state index in [-0.39, 0.29) is 18.7 Å². The van der Waals surface area contributed by atoms with Crippen molar-refractivity contribution in [2.24, 2.45) is 0 Å². The zero-order valence-corrected chi connectivity index (χ0v) is 19.2. The molecule has 0 spiro atoms. The molecule has 0 radical (unpaired) electrons. The van der Waals surface area contributed by atoms with Crippen molar-refractivity contribution in [1.82, 2.24) is 0 Å². The van der Waals surface area contributed by atoms with Gasteiger partial charge in [0, 0.05) is 32.3 Å². The molecule has 0 aromatic rings. The zero-order chi connectivity index (χ0) is 23.0. The van der Waals surface area contributed by atoms with Gasteiger partial charge in [0.1, 0.15) is 12.2 Å². The van der Waals surface area contributed by atoms with Crippen LogP contribution in [-0.4, -0.2) is 42.3 Å². The Bertz CT molecular complexity index is 773. The van der Waals surface area contributed by atoms with E-state index in [0.717, 1.165) is 19.3 Å². The first-order valence-electron chi connectivity index (χ1n) is 10.8. The first kappa shape index (κ1) is 24.9. The van der Waals surface area contributed by atoms with Crippen LogP contribution in [0.25, 0.3) is 0 Å². The van der Waals surface area contributed by atoms with Gasteiger partial charge in [-0.1, -0.05) is 23.3 Å². The summed E-state index contributed by atoms with van der Waals surface area (Å²) in [6.45, 7) is 9.01. The Labute approximate surface area is 184 Å². The van der Waals surface area contributed by atoms with E-state index in [9.17, 15) is 14.4 Å². The van der Waals surface area contributed by atoms with Crippen molar-refractivity contribution >= 4 is 17.9 Å². The largest absolute Gasteiger partial charge is 0.466 e. The van der Waals surface area contributed by atoms with Crippen molar-refractivity contribution in [3.05, 3.63) is 35.1 Å². The fourth-order valence-electron chi connectivity index (χ4n) is 3.65. The number of ether oxygens (including phenoxy) is 4. The van der Waals surface area contributed by atoms with Crippen molar-refractivity contribution < 1.29 is 33.3 Å². The Morgan fingerprint density at radius 1 is 1.06 bits per heavy atom. The van der Waals surface area contributed by atoms with E-state index in [1.54, 1.807) is 0 Å². The summed E-state index contributed by atoms with van der Waals surface area (Å²) in [5.74, 6) is -1.26. The average molecular weight is 435 g/mol. The van der Waals surface area contributed by atoms with Crippen LogP contribution in [0.5, 0.6) is 0 Å². The Balaban J connectivity index is 1.91. The van der Waals surface area contributed by atoms with E-state index in [4.69, 9.17) is 18.9 Å². The third kappa shape index (κ3) is 7.65. The molecular formula is C24H34O7. The number of epoxide rings is 1. The van der Waals surface area contributed by atoms with E-state index >= 15 is 0 Å². The minimum Gasteiger partial charge on any atom is -0.466 e. The van der Waals surface area contributed by atoms with E-state index in [1.807, 2.05) is 0 Å². The van der Waals surface area contributed by atoms with Gasteiger partial charge in [0.25, 0.3) is 0 Å². The summed E-state index contributed by atoms with van der Waals surface area (Å²) in [7, 11) is 0. The van der Waals surface area contributed by atoms with Gasteiger partial charge >= 0.3 is 17.9 Å². The second kappa shape index (κ2) is 11.3. The maximum atomic E-state index is 12.7. The van der Waals surface area contributed by atoms with Crippen LogP contribution in [0.15, 0.2) is 35.1 Å². The Hall–Kier alpha value is -2.41. The van der Waals surface area contributed by atoms with Crippen LogP contribution >= 0.6 is 0 Å². The average Bonchev–Trinajstić information content (AvgIpc) is 3.38. The third-order valence-electron chi connectivity index (χ3n) is 5.42. The number of hydrogen-bond donors (Lipinski definition) is 0. The number of carbonyl (C=O) groups excluding carboxylic acids is 3. The predicted octanol–water partition coefficient (Wildman–Crippen LogP) is 4.31. The molecule has 0 saturated carbocycles. The molecule has 0 aromatic carbocycles. The predicted molar refractivity (Wildman–Crippen MR) is 115 cm³/mol. The van der Waals surface area contributed by atoms with Crippen LogP contribution in [-0.2, 0) is 33.3 Å². The van der Waals surface area contributed by atoms with Gasteiger partial charge in [-0.05, 0) is 46.5 Å². The maximum Gasteiger partial charge on any atom is 0.341 e. The summed E-state index contributed by atoms with van der Waals surface area (Å²) < 4.78 is 21.4. The Kier molecular flexibility index (Phi) is 9.04. The van der Waals surface area contributed by atoms with Crippen LogP contribution in [0.1, 0.15) is 73.1 Å². The van der Waals surface area contributed by atoms with Crippen LogP contribution in [0.3, 0.4) is 0 Å². The normalized spacial score (nSPS) is 25.3. The lowest BCUT2D eigenvalue weighted by Crippen LogP contribution is -2.40. The van der Waals surface area contributed by atoms with Gasteiger partial charge in [-0.25, -0.2) is 4.79 Å². The topological polar surface area (TPSA) is 91.4 Å². The molecular weight excluding hydrogens is 400 g/mol. The molecule has 2 saturated heterocycles. The minimum atomic E-state index is -0.865. The fourth-order valence-corrected chi connectivity index (χ4v) is 3.65. The molecule has 0 N–H and O–H groups in total. The summed E-state index contributed by atoms with van der Waals surface area (Å²) >= 11 is 0. The van der Waals surface area contributed by atoms with Crippen molar-refractivity contribution in [3.8, 4) is 0 Å². The first-order chi connectivity index (χ1) is 14.6. The lowest BCUT2D eigenvalue weighted by molar-refractivity contribution is -0.156. The molecule has 7 nitrogen and oxygen atoms in total. The number of hydrogen-bond acceptors (Lipinski definition) is 7. The molecule has 2 aliphatic rings. The molecule has 172 valence electrons. The van der Waals surface area contributed by atoms with E-state index in [1.165, 1.54) is 31.3 Å². The molecule has 0 aromatic heterocycles. The van der Waals surface area contributed by atoms with Crippen LogP contribution in [0, 0.1) is 0 Å². The summed E-state index contributed by atoms with van der Waals surface area (Å²) in [4.78, 5) is 34.9. The molecule has 0 aliphatic carbocycles. The van der Waals surface area contributed by atoms with E-state index in [0.29, 0.717) is 24.8 Å². The Morgan fingerprint density at radius 3 is 2.42 bits per heavy atom. The second-order valence-electron chi connectivity index (χ2n) is 8.43. The first-order valence-corrected chi connectivity index (χ1v) is 10.8. The van der Waals surface area contributed by atoms with Crippen molar-refractivity contribution in [2.75, 3.05) is 6.61 Å². The Morgan fingerprint density at radius 2 is 1.81 bits per heavy atom. The van der Waals surface area contributed by atoms with Crippen LogP contribution in [0.2, 0.25) is 0 Å². The van der Waals surface area contributed by atoms with Gasteiger partial charge in [-0.15, -0.1) is 0 Å². The molecule has 3 unspecified atom stereocenters. The summed E-state index contributed by atoms with van der Waals surface area (Å²) in [5.41, 5.74) is 2.33. The monoisotopic (exact) mass is 434 g/mol. The van der Waals surface area contributed by atoms with E-state index < -0.39 is 23.6 Å². The summed E-state index contributed by atoms with van der Waals surface area (Å²) in [6.07, 6.45) is 9.04. The molecule has 0 amide bonds. The van der Waals surface area contributed by atoms with Gasteiger partial charge in [0.15, 0.2) is 5.60 Å². The minimum absolute atomic E-state index is 0.115. The van der Waals surface area contributed by atoms with Gasteiger partial charge in [-0.2, -0.15) is 0 Å². The molecule has 0 bridgehead atoms. The molecule has 31 heavy (non-hydrogen) atoms. The third-order valence-corrected chi connectivity index (χ3v) is 5.42. The summed E-state index contributed by atoms with van der Waals surface area (Å²) in [5, 5.41) is 0. The number of rotatable bonds is 11. The highest BCUT2D eigenvalue weighted by Crippen LogP contribution is 2.49. The smallest absolute Gasteiger partial charge is 0.341 e. The lowest BCUT2D eigenvalue weighted by atomic mass is 9.90. The highest BCUT2D eigenvalue weighted by atomic mass is 16.7. The molecule has 2 aliphatic heterocycles. The molecule has 2 heterocycles. The molecule has 2 fully saturated rings. The standard InChI is InChI=1S/C24H34O7/c1-16(2)8-6-9-17(3)10-7-12-24-22(31-24)14-21(30-23(24)27)20(15-29-19(5)26)11-13-28-18(4)25/h8,10,15,21-22H,6-7,9,11-14H2,1-5H3. The molecule has 7 heteroatoms. The zero-order valence-electron chi connectivity index (χ0n) is 19.2. The van der Waals surface area contributed by atoms with Gasteiger partial charge in [-0.3, -0.25) is 9.59 Å². The maximum absolute atomic E-state index is 12.7. The number of cyclic esters (lactones) is 1. The second-order valence-corrected chi connectivity index (χ2v) is 8.43. The van der Waals surface area contributed by atoms with Gasteiger partial charge in [0.05, 0.1) is 12.9 Å². The van der Waals surface area contributed by atoms with Crippen molar-refractivity contribution in [3.63, 3.8) is 0 Å².